The Bertz CT molecular complexity index is 929. The van der Waals surface area contributed by atoms with Crippen molar-refractivity contribution in [1.29, 1.82) is 0 Å². The van der Waals surface area contributed by atoms with Crippen molar-refractivity contribution in [3.05, 3.63) is 68.7 Å². The van der Waals surface area contributed by atoms with Crippen molar-refractivity contribution in [1.82, 2.24) is 10.0 Å². The van der Waals surface area contributed by atoms with Crippen LogP contribution in [0.5, 0.6) is 0 Å². The summed E-state index contributed by atoms with van der Waals surface area (Å²) in [5.74, 6) is -0.368. The Morgan fingerprint density at radius 3 is 2.42 bits per heavy atom. The van der Waals surface area contributed by atoms with Crippen LogP contribution in [0.4, 0.5) is 5.69 Å². The van der Waals surface area contributed by atoms with Crippen LogP contribution >= 0.6 is 11.6 Å². The number of nitrogens with zero attached hydrogens (tertiary/aromatic N) is 1. The highest BCUT2D eigenvalue weighted by molar-refractivity contribution is 7.89. The summed E-state index contributed by atoms with van der Waals surface area (Å²) in [6.45, 7) is 1.35. The van der Waals surface area contributed by atoms with Crippen LogP contribution in [0.1, 0.15) is 15.9 Å². The molecule has 0 aliphatic carbocycles. The van der Waals surface area contributed by atoms with E-state index in [1.54, 1.807) is 24.3 Å². The number of nitro benzene ring substituents is 1. The number of sulfonamides is 1. The molecule has 2 aromatic carbocycles. The zero-order valence-electron chi connectivity index (χ0n) is 13.7. The van der Waals surface area contributed by atoms with Crippen LogP contribution in [0, 0.1) is 17.0 Å². The van der Waals surface area contributed by atoms with E-state index >= 15 is 0 Å². The second kappa shape index (κ2) is 8.26. The Balaban J connectivity index is 1.97. The Morgan fingerprint density at radius 1 is 1.15 bits per heavy atom. The summed E-state index contributed by atoms with van der Waals surface area (Å²) in [5, 5.41) is 14.0. The van der Waals surface area contributed by atoms with Gasteiger partial charge in [-0.25, -0.2) is 13.1 Å². The van der Waals surface area contributed by atoms with E-state index in [-0.39, 0.29) is 35.1 Å². The standard InChI is InChI=1S/C16H16ClN3O5S/c1-11-14(20(22)23)3-2-4-15(11)26(24,25)19-10-9-18-16(21)12-5-7-13(17)8-6-12/h2-8,19H,9-10H2,1H3,(H,18,21). The van der Waals surface area contributed by atoms with Gasteiger partial charge in [-0.1, -0.05) is 17.7 Å². The highest BCUT2D eigenvalue weighted by Gasteiger charge is 2.22. The van der Waals surface area contributed by atoms with Crippen LogP contribution in [0.15, 0.2) is 47.4 Å². The number of carbonyl (C=O) groups excluding carboxylic acids is 1. The van der Waals surface area contributed by atoms with Gasteiger partial charge in [0.1, 0.15) is 0 Å². The molecule has 2 rings (SSSR count). The molecule has 0 saturated carbocycles. The number of benzene rings is 2. The molecule has 0 radical (unpaired) electrons. The Kier molecular flexibility index (Phi) is 6.30. The van der Waals surface area contributed by atoms with Crippen molar-refractivity contribution in [2.24, 2.45) is 0 Å². The van der Waals surface area contributed by atoms with Gasteiger partial charge >= 0.3 is 0 Å². The maximum Gasteiger partial charge on any atom is 0.273 e. The summed E-state index contributed by atoms with van der Waals surface area (Å²) in [4.78, 5) is 22.0. The van der Waals surface area contributed by atoms with Gasteiger partial charge in [0.05, 0.1) is 9.82 Å². The lowest BCUT2D eigenvalue weighted by atomic mass is 10.2. The van der Waals surface area contributed by atoms with E-state index in [1.807, 2.05) is 0 Å². The summed E-state index contributed by atoms with van der Waals surface area (Å²) in [6, 6.07) is 10.1. The summed E-state index contributed by atoms with van der Waals surface area (Å²) in [6.07, 6.45) is 0. The molecular weight excluding hydrogens is 382 g/mol. The molecule has 0 aromatic heterocycles. The number of carbonyl (C=O) groups is 1. The van der Waals surface area contributed by atoms with Gasteiger partial charge in [0.25, 0.3) is 11.6 Å². The number of amides is 1. The molecule has 0 atom stereocenters. The molecule has 0 saturated heterocycles. The molecule has 2 N–H and O–H groups in total. The van der Waals surface area contributed by atoms with Gasteiger partial charge in [0, 0.05) is 35.3 Å². The average molecular weight is 398 g/mol. The normalized spacial score (nSPS) is 11.2. The zero-order valence-corrected chi connectivity index (χ0v) is 15.3. The molecule has 2 aromatic rings. The first-order valence-corrected chi connectivity index (χ1v) is 9.36. The molecule has 0 heterocycles. The van der Waals surface area contributed by atoms with Crippen LogP contribution in [-0.2, 0) is 10.0 Å². The Morgan fingerprint density at radius 2 is 1.81 bits per heavy atom. The Hall–Kier alpha value is -2.49. The van der Waals surface area contributed by atoms with Crippen molar-refractivity contribution in [3.63, 3.8) is 0 Å². The first-order valence-electron chi connectivity index (χ1n) is 7.50. The molecule has 0 bridgehead atoms. The van der Waals surface area contributed by atoms with Gasteiger partial charge in [-0.2, -0.15) is 0 Å². The predicted octanol–water partition coefficient (Wildman–Crippen LogP) is 2.26. The Labute approximate surface area is 155 Å². The minimum absolute atomic E-state index is 0.0503. The molecule has 26 heavy (non-hydrogen) atoms. The van der Waals surface area contributed by atoms with Gasteiger partial charge in [-0.05, 0) is 37.3 Å². The van der Waals surface area contributed by atoms with Crippen molar-refractivity contribution >= 4 is 33.2 Å². The molecular formula is C16H16ClN3O5S. The first kappa shape index (κ1) is 19.8. The number of nitrogens with one attached hydrogen (secondary N) is 2. The number of nitro groups is 1. The van der Waals surface area contributed by atoms with Crippen molar-refractivity contribution in [2.75, 3.05) is 13.1 Å². The molecule has 1 amide bonds. The quantitative estimate of drug-likeness (QED) is 0.422. The van der Waals surface area contributed by atoms with E-state index in [2.05, 4.69) is 10.0 Å². The van der Waals surface area contributed by atoms with Gasteiger partial charge in [0.2, 0.25) is 10.0 Å². The van der Waals surface area contributed by atoms with Crippen LogP contribution in [0.3, 0.4) is 0 Å². The van der Waals surface area contributed by atoms with Gasteiger partial charge < -0.3 is 5.32 Å². The second-order valence-corrected chi connectivity index (χ2v) is 7.49. The lowest BCUT2D eigenvalue weighted by Crippen LogP contribution is -2.35. The fraction of sp³-hybridized carbons (Fsp3) is 0.188. The lowest BCUT2D eigenvalue weighted by Gasteiger charge is -2.10. The minimum atomic E-state index is -3.94. The maximum atomic E-state index is 12.3. The van der Waals surface area contributed by atoms with E-state index in [9.17, 15) is 23.3 Å². The number of hydrogen-bond donors (Lipinski definition) is 2. The molecule has 0 aliphatic heterocycles. The SMILES string of the molecule is Cc1c([N+](=O)[O-])cccc1S(=O)(=O)NCCNC(=O)c1ccc(Cl)cc1. The zero-order chi connectivity index (χ0) is 19.3. The molecule has 0 aliphatic rings. The third-order valence-electron chi connectivity index (χ3n) is 3.55. The third kappa shape index (κ3) is 4.78. The van der Waals surface area contributed by atoms with Crippen molar-refractivity contribution < 1.29 is 18.1 Å². The average Bonchev–Trinajstić information content (AvgIpc) is 2.59. The molecule has 10 heteroatoms. The van der Waals surface area contributed by atoms with E-state index < -0.39 is 14.9 Å². The fourth-order valence-electron chi connectivity index (χ4n) is 2.23. The largest absolute Gasteiger partial charge is 0.351 e. The monoisotopic (exact) mass is 397 g/mol. The van der Waals surface area contributed by atoms with E-state index in [4.69, 9.17) is 11.6 Å². The second-order valence-electron chi connectivity index (χ2n) is 5.32. The van der Waals surface area contributed by atoms with Crippen LogP contribution in [0.25, 0.3) is 0 Å². The first-order chi connectivity index (χ1) is 12.2. The number of halogens is 1. The summed E-state index contributed by atoms with van der Waals surface area (Å²) >= 11 is 5.74. The summed E-state index contributed by atoms with van der Waals surface area (Å²) in [7, 11) is -3.94. The molecule has 0 spiro atoms. The van der Waals surface area contributed by atoms with Crippen LogP contribution in [-0.4, -0.2) is 32.3 Å². The maximum absolute atomic E-state index is 12.3. The smallest absolute Gasteiger partial charge is 0.273 e. The molecule has 138 valence electrons. The highest BCUT2D eigenvalue weighted by Crippen LogP contribution is 2.24. The number of rotatable bonds is 7. The predicted molar refractivity (Wildman–Crippen MR) is 96.8 cm³/mol. The third-order valence-corrected chi connectivity index (χ3v) is 5.41. The lowest BCUT2D eigenvalue weighted by molar-refractivity contribution is -0.385. The van der Waals surface area contributed by atoms with Gasteiger partial charge in [0.15, 0.2) is 0 Å². The van der Waals surface area contributed by atoms with Crippen molar-refractivity contribution in [3.8, 4) is 0 Å². The topological polar surface area (TPSA) is 118 Å². The highest BCUT2D eigenvalue weighted by atomic mass is 35.5. The minimum Gasteiger partial charge on any atom is -0.351 e. The van der Waals surface area contributed by atoms with Crippen molar-refractivity contribution in [2.45, 2.75) is 11.8 Å². The van der Waals surface area contributed by atoms with E-state index in [0.29, 0.717) is 10.6 Å². The fourth-order valence-corrected chi connectivity index (χ4v) is 3.65. The molecule has 0 unspecified atom stereocenters. The summed E-state index contributed by atoms with van der Waals surface area (Å²) < 4.78 is 26.9. The van der Waals surface area contributed by atoms with E-state index in [0.717, 1.165) is 0 Å². The van der Waals surface area contributed by atoms with Gasteiger partial charge in [-0.3, -0.25) is 14.9 Å². The molecule has 8 nitrogen and oxygen atoms in total. The number of hydrogen-bond acceptors (Lipinski definition) is 5. The van der Waals surface area contributed by atoms with Crippen LogP contribution < -0.4 is 10.0 Å². The van der Waals surface area contributed by atoms with Gasteiger partial charge in [-0.15, -0.1) is 0 Å². The summed E-state index contributed by atoms with van der Waals surface area (Å²) in [5.41, 5.74) is 0.172. The molecule has 0 fully saturated rings. The van der Waals surface area contributed by atoms with Crippen LogP contribution in [0.2, 0.25) is 5.02 Å². The van der Waals surface area contributed by atoms with E-state index in [1.165, 1.54) is 25.1 Å².